The Bertz CT molecular complexity index is 349. The molecule has 0 saturated carbocycles. The van der Waals surface area contributed by atoms with Crippen molar-refractivity contribution in [3.8, 4) is 0 Å². The molecule has 0 heteroatoms. The van der Waals surface area contributed by atoms with Crippen LogP contribution < -0.4 is 0 Å². The Morgan fingerprint density at radius 2 is 1.24 bits per heavy atom. The molecule has 17 heavy (non-hydrogen) atoms. The second-order valence-electron chi connectivity index (χ2n) is 7.56. The second-order valence-corrected chi connectivity index (χ2v) is 7.56. The zero-order chi connectivity index (χ0) is 13.3. The van der Waals surface area contributed by atoms with E-state index in [2.05, 4.69) is 78.8 Å². The van der Waals surface area contributed by atoms with E-state index in [9.17, 15) is 0 Å². The average molecular weight is 232 g/mol. The van der Waals surface area contributed by atoms with Crippen LogP contribution in [0.5, 0.6) is 0 Å². The normalized spacial score (nSPS) is 13.8. The molecule has 1 aromatic carbocycles. The molecule has 0 bridgehead atoms. The Balaban J connectivity index is 2.95. The Hall–Kier alpha value is -0.780. The van der Waals surface area contributed by atoms with E-state index >= 15 is 0 Å². The molecule has 0 aliphatic carbocycles. The van der Waals surface area contributed by atoms with E-state index in [0.29, 0.717) is 10.8 Å². The van der Waals surface area contributed by atoms with Gasteiger partial charge in [-0.15, -0.1) is 0 Å². The Labute approximate surface area is 107 Å². The van der Waals surface area contributed by atoms with Gasteiger partial charge in [0.25, 0.3) is 0 Å². The molecule has 0 heterocycles. The molecule has 1 rings (SSSR count). The SMILES string of the molecule is CC(C)(CC(C)(C)C(C)(C)C)c1ccccc1. The quantitative estimate of drug-likeness (QED) is 0.652. The largest absolute Gasteiger partial charge is 0.0622 e. The first-order valence-electron chi connectivity index (χ1n) is 6.62. The maximum absolute atomic E-state index is 2.39. The fourth-order valence-corrected chi connectivity index (χ4v) is 2.36. The van der Waals surface area contributed by atoms with Crippen molar-refractivity contribution in [3.63, 3.8) is 0 Å². The zero-order valence-corrected chi connectivity index (χ0v) is 12.6. The van der Waals surface area contributed by atoms with E-state index in [0.717, 1.165) is 0 Å². The third-order valence-electron chi connectivity index (χ3n) is 4.47. The predicted molar refractivity (Wildman–Crippen MR) is 77.3 cm³/mol. The number of hydrogen-bond donors (Lipinski definition) is 0. The van der Waals surface area contributed by atoms with Crippen molar-refractivity contribution < 1.29 is 0 Å². The molecule has 0 N–H and O–H groups in total. The summed E-state index contributed by atoms with van der Waals surface area (Å²) in [4.78, 5) is 0. The summed E-state index contributed by atoms with van der Waals surface area (Å²) >= 11 is 0. The summed E-state index contributed by atoms with van der Waals surface area (Å²) in [7, 11) is 0. The molecule has 0 amide bonds. The minimum atomic E-state index is 0.234. The van der Waals surface area contributed by atoms with Gasteiger partial charge in [-0.25, -0.2) is 0 Å². The highest BCUT2D eigenvalue weighted by Crippen LogP contribution is 2.46. The van der Waals surface area contributed by atoms with E-state index in [1.54, 1.807) is 0 Å². The fourth-order valence-electron chi connectivity index (χ4n) is 2.36. The van der Waals surface area contributed by atoms with Crippen molar-refractivity contribution in [2.24, 2.45) is 10.8 Å². The van der Waals surface area contributed by atoms with Crippen molar-refractivity contribution in [2.75, 3.05) is 0 Å². The third kappa shape index (κ3) is 3.34. The summed E-state index contributed by atoms with van der Waals surface area (Å²) in [6, 6.07) is 10.9. The molecule has 0 aliphatic rings. The highest BCUT2D eigenvalue weighted by atomic mass is 14.4. The summed E-state index contributed by atoms with van der Waals surface area (Å²) in [5.41, 5.74) is 2.33. The lowest BCUT2D eigenvalue weighted by Gasteiger charge is -2.44. The minimum absolute atomic E-state index is 0.234. The van der Waals surface area contributed by atoms with Gasteiger partial charge in [0, 0.05) is 0 Å². The van der Waals surface area contributed by atoms with Crippen molar-refractivity contribution >= 4 is 0 Å². The first-order valence-corrected chi connectivity index (χ1v) is 6.62. The van der Waals surface area contributed by atoms with Crippen LogP contribution in [-0.4, -0.2) is 0 Å². The van der Waals surface area contributed by atoms with Gasteiger partial charge in [0.05, 0.1) is 0 Å². The molecule has 96 valence electrons. The van der Waals surface area contributed by atoms with Crippen LogP contribution in [0.3, 0.4) is 0 Å². The molecule has 0 nitrogen and oxygen atoms in total. The Kier molecular flexibility index (Phi) is 3.76. The van der Waals surface area contributed by atoms with Crippen LogP contribution in [0.4, 0.5) is 0 Å². The molecule has 0 unspecified atom stereocenters. The summed E-state index contributed by atoms with van der Waals surface area (Å²) in [5.74, 6) is 0. The monoisotopic (exact) mass is 232 g/mol. The van der Waals surface area contributed by atoms with Gasteiger partial charge in [-0.1, -0.05) is 78.8 Å². The average Bonchev–Trinajstić information content (AvgIpc) is 2.15. The van der Waals surface area contributed by atoms with Gasteiger partial charge in [-0.2, -0.15) is 0 Å². The summed E-state index contributed by atoms with van der Waals surface area (Å²) in [6.45, 7) is 16.5. The van der Waals surface area contributed by atoms with Gasteiger partial charge in [0.15, 0.2) is 0 Å². The van der Waals surface area contributed by atoms with Crippen LogP contribution in [0.1, 0.15) is 60.5 Å². The standard InChI is InChI=1S/C17H28/c1-15(2,3)17(6,7)13-16(4,5)14-11-9-8-10-12-14/h8-12H,13H2,1-7H3. The fraction of sp³-hybridized carbons (Fsp3) is 0.647. The zero-order valence-electron chi connectivity index (χ0n) is 12.6. The van der Waals surface area contributed by atoms with Crippen molar-refractivity contribution in [3.05, 3.63) is 35.9 Å². The molecule has 0 radical (unpaired) electrons. The molecule has 0 saturated heterocycles. The van der Waals surface area contributed by atoms with Crippen LogP contribution in [-0.2, 0) is 5.41 Å². The maximum atomic E-state index is 2.39. The van der Waals surface area contributed by atoms with Crippen LogP contribution in [0.2, 0.25) is 0 Å². The Morgan fingerprint density at radius 3 is 1.65 bits per heavy atom. The second kappa shape index (κ2) is 4.48. The molecule has 0 spiro atoms. The van der Waals surface area contributed by atoms with E-state index in [-0.39, 0.29) is 5.41 Å². The summed E-state index contributed by atoms with van der Waals surface area (Å²) < 4.78 is 0. The minimum Gasteiger partial charge on any atom is -0.0622 e. The molecule has 0 aliphatic heterocycles. The third-order valence-corrected chi connectivity index (χ3v) is 4.47. The molecule has 1 aromatic rings. The Morgan fingerprint density at radius 1 is 0.765 bits per heavy atom. The summed E-state index contributed by atoms with van der Waals surface area (Å²) in [6.07, 6.45) is 1.20. The topological polar surface area (TPSA) is 0 Å². The van der Waals surface area contributed by atoms with Gasteiger partial charge < -0.3 is 0 Å². The van der Waals surface area contributed by atoms with Crippen LogP contribution in [0.15, 0.2) is 30.3 Å². The number of hydrogen-bond acceptors (Lipinski definition) is 0. The van der Waals surface area contributed by atoms with E-state index in [1.807, 2.05) is 0 Å². The van der Waals surface area contributed by atoms with Crippen molar-refractivity contribution in [2.45, 2.75) is 60.3 Å². The smallest absolute Gasteiger partial charge is 0.00983 e. The van der Waals surface area contributed by atoms with Crippen LogP contribution in [0, 0.1) is 10.8 Å². The first-order chi connectivity index (χ1) is 7.56. The van der Waals surface area contributed by atoms with E-state index in [4.69, 9.17) is 0 Å². The lowest BCUT2D eigenvalue weighted by Crippen LogP contribution is -2.36. The van der Waals surface area contributed by atoms with Gasteiger partial charge >= 0.3 is 0 Å². The molecule has 0 fully saturated rings. The van der Waals surface area contributed by atoms with Crippen LogP contribution >= 0.6 is 0 Å². The number of benzene rings is 1. The van der Waals surface area contributed by atoms with Gasteiger partial charge in [0.2, 0.25) is 0 Å². The van der Waals surface area contributed by atoms with Gasteiger partial charge in [0.1, 0.15) is 0 Å². The lowest BCUT2D eigenvalue weighted by atomic mass is 9.61. The molecular formula is C17H28. The van der Waals surface area contributed by atoms with Crippen molar-refractivity contribution in [1.82, 2.24) is 0 Å². The van der Waals surface area contributed by atoms with E-state index in [1.165, 1.54) is 12.0 Å². The highest BCUT2D eigenvalue weighted by Gasteiger charge is 2.38. The predicted octanol–water partition coefficient (Wildman–Crippen LogP) is 5.43. The van der Waals surface area contributed by atoms with Crippen molar-refractivity contribution in [1.29, 1.82) is 0 Å². The lowest BCUT2D eigenvalue weighted by molar-refractivity contribution is 0.0917. The molecule has 0 aromatic heterocycles. The summed E-state index contributed by atoms with van der Waals surface area (Å²) in [5, 5.41) is 0. The molecular weight excluding hydrogens is 204 g/mol. The van der Waals surface area contributed by atoms with Crippen LogP contribution in [0.25, 0.3) is 0 Å². The van der Waals surface area contributed by atoms with Gasteiger partial charge in [-0.3, -0.25) is 0 Å². The van der Waals surface area contributed by atoms with Gasteiger partial charge in [-0.05, 0) is 28.2 Å². The number of rotatable bonds is 3. The maximum Gasteiger partial charge on any atom is -0.00983 e. The first kappa shape index (κ1) is 14.3. The highest BCUT2D eigenvalue weighted by molar-refractivity contribution is 5.24. The molecule has 0 atom stereocenters. The van der Waals surface area contributed by atoms with E-state index < -0.39 is 0 Å².